The summed E-state index contributed by atoms with van der Waals surface area (Å²) < 4.78 is 0. The molecule has 1 saturated heterocycles. The van der Waals surface area contributed by atoms with Gasteiger partial charge in [0.1, 0.15) is 0 Å². The number of hydrogen-bond donors (Lipinski definition) is 2. The van der Waals surface area contributed by atoms with Crippen molar-refractivity contribution >= 4 is 23.6 Å². The molecular formula is C15H21N3O2S. The van der Waals surface area contributed by atoms with Crippen LogP contribution < -0.4 is 10.6 Å². The number of thioether (sulfide) groups is 1. The van der Waals surface area contributed by atoms with Gasteiger partial charge in [0.15, 0.2) is 0 Å². The van der Waals surface area contributed by atoms with Crippen LogP contribution in [-0.4, -0.2) is 49.1 Å². The molecule has 2 N–H and O–H groups in total. The lowest BCUT2D eigenvalue weighted by Gasteiger charge is -2.34. The summed E-state index contributed by atoms with van der Waals surface area (Å²) in [7, 11) is 1.59. The predicted octanol–water partition coefficient (Wildman–Crippen LogP) is 0.845. The molecule has 0 saturated carbocycles. The summed E-state index contributed by atoms with van der Waals surface area (Å²) in [6, 6.07) is 7.93. The fourth-order valence-corrected chi connectivity index (χ4v) is 2.82. The quantitative estimate of drug-likeness (QED) is 0.792. The van der Waals surface area contributed by atoms with E-state index in [0.717, 1.165) is 12.1 Å². The fourth-order valence-electron chi connectivity index (χ4n) is 2.42. The van der Waals surface area contributed by atoms with Crippen LogP contribution in [0, 0.1) is 0 Å². The van der Waals surface area contributed by atoms with Gasteiger partial charge >= 0.3 is 0 Å². The second-order valence-electron chi connectivity index (χ2n) is 5.00. The zero-order valence-electron chi connectivity index (χ0n) is 12.4. The predicted molar refractivity (Wildman–Crippen MR) is 84.1 cm³/mol. The van der Waals surface area contributed by atoms with E-state index in [1.165, 1.54) is 4.90 Å². The largest absolute Gasteiger partial charge is 0.359 e. The average molecular weight is 307 g/mol. The van der Waals surface area contributed by atoms with Crippen LogP contribution in [0.5, 0.6) is 0 Å². The molecule has 1 fully saturated rings. The molecule has 1 unspecified atom stereocenters. The third-order valence-electron chi connectivity index (χ3n) is 3.64. The van der Waals surface area contributed by atoms with Crippen LogP contribution in [0.25, 0.3) is 0 Å². The standard InChI is InChI=1S/C15H21N3O2S/c1-16-14(19)9-13-15(20)17-7-8-18(13)10-11-3-5-12(21-2)6-4-11/h3-6,13H,7-10H2,1-2H3,(H,16,19)(H,17,20). The van der Waals surface area contributed by atoms with Crippen LogP contribution in [-0.2, 0) is 16.1 Å². The van der Waals surface area contributed by atoms with Gasteiger partial charge in [-0.25, -0.2) is 0 Å². The molecule has 0 bridgehead atoms. The first-order valence-corrected chi connectivity index (χ1v) is 8.21. The highest BCUT2D eigenvalue weighted by atomic mass is 32.2. The second kappa shape index (κ2) is 7.47. The molecule has 1 aromatic rings. The van der Waals surface area contributed by atoms with Crippen LogP contribution in [0.3, 0.4) is 0 Å². The molecule has 114 valence electrons. The molecule has 1 aromatic carbocycles. The molecular weight excluding hydrogens is 286 g/mol. The number of rotatable bonds is 5. The Morgan fingerprint density at radius 1 is 1.43 bits per heavy atom. The Hall–Kier alpha value is -1.53. The van der Waals surface area contributed by atoms with E-state index in [1.807, 2.05) is 6.26 Å². The monoisotopic (exact) mass is 307 g/mol. The normalized spacial score (nSPS) is 19.1. The molecule has 0 spiro atoms. The lowest BCUT2D eigenvalue weighted by atomic mass is 10.1. The van der Waals surface area contributed by atoms with Crippen LogP contribution >= 0.6 is 11.8 Å². The minimum atomic E-state index is -0.390. The molecule has 2 rings (SSSR count). The summed E-state index contributed by atoms with van der Waals surface area (Å²) >= 11 is 1.71. The van der Waals surface area contributed by atoms with E-state index in [-0.39, 0.29) is 24.3 Å². The average Bonchev–Trinajstić information content (AvgIpc) is 2.51. The number of carbonyl (C=O) groups is 2. The lowest BCUT2D eigenvalue weighted by molar-refractivity contribution is -0.134. The Labute approximate surface area is 129 Å². The highest BCUT2D eigenvalue weighted by Gasteiger charge is 2.31. The minimum Gasteiger partial charge on any atom is -0.359 e. The number of nitrogens with zero attached hydrogens (tertiary/aromatic N) is 1. The van der Waals surface area contributed by atoms with Gasteiger partial charge < -0.3 is 10.6 Å². The smallest absolute Gasteiger partial charge is 0.237 e. The minimum absolute atomic E-state index is 0.0643. The molecule has 0 radical (unpaired) electrons. The number of piperazine rings is 1. The van der Waals surface area contributed by atoms with Crippen LogP contribution in [0.15, 0.2) is 29.2 Å². The first kappa shape index (κ1) is 15.9. The second-order valence-corrected chi connectivity index (χ2v) is 5.88. The van der Waals surface area contributed by atoms with Crippen molar-refractivity contribution < 1.29 is 9.59 Å². The summed E-state index contributed by atoms with van der Waals surface area (Å²) in [6.07, 6.45) is 2.24. The number of amides is 2. The molecule has 1 atom stereocenters. The highest BCUT2D eigenvalue weighted by molar-refractivity contribution is 7.98. The Bertz CT molecular complexity index is 504. The van der Waals surface area contributed by atoms with Crippen molar-refractivity contribution in [3.8, 4) is 0 Å². The van der Waals surface area contributed by atoms with Crippen molar-refractivity contribution in [3.63, 3.8) is 0 Å². The first-order valence-electron chi connectivity index (χ1n) is 6.99. The van der Waals surface area contributed by atoms with E-state index in [0.29, 0.717) is 13.1 Å². The van der Waals surface area contributed by atoms with Crippen molar-refractivity contribution in [2.24, 2.45) is 0 Å². The maximum Gasteiger partial charge on any atom is 0.237 e. The van der Waals surface area contributed by atoms with E-state index < -0.39 is 0 Å². The molecule has 0 aromatic heterocycles. The van der Waals surface area contributed by atoms with E-state index in [4.69, 9.17) is 0 Å². The third-order valence-corrected chi connectivity index (χ3v) is 4.39. The van der Waals surface area contributed by atoms with E-state index >= 15 is 0 Å². The Kier molecular flexibility index (Phi) is 5.64. The summed E-state index contributed by atoms with van der Waals surface area (Å²) in [5.74, 6) is -0.176. The van der Waals surface area contributed by atoms with Gasteiger partial charge in [-0.2, -0.15) is 0 Å². The Morgan fingerprint density at radius 2 is 2.14 bits per heavy atom. The molecule has 21 heavy (non-hydrogen) atoms. The summed E-state index contributed by atoms with van der Waals surface area (Å²) in [5.41, 5.74) is 1.16. The molecule has 1 heterocycles. The zero-order valence-corrected chi connectivity index (χ0v) is 13.2. The molecule has 1 aliphatic rings. The van der Waals surface area contributed by atoms with E-state index in [1.54, 1.807) is 18.8 Å². The van der Waals surface area contributed by atoms with Crippen molar-refractivity contribution in [2.45, 2.75) is 23.9 Å². The maximum atomic E-state index is 12.0. The van der Waals surface area contributed by atoms with E-state index in [2.05, 4.69) is 39.8 Å². The highest BCUT2D eigenvalue weighted by Crippen LogP contribution is 2.18. The number of benzene rings is 1. The number of carbonyl (C=O) groups excluding carboxylic acids is 2. The summed E-state index contributed by atoms with van der Waals surface area (Å²) in [4.78, 5) is 26.9. The molecule has 1 aliphatic heterocycles. The maximum absolute atomic E-state index is 12.0. The van der Waals surface area contributed by atoms with Gasteiger partial charge in [0, 0.05) is 31.6 Å². The van der Waals surface area contributed by atoms with Crippen LogP contribution in [0.2, 0.25) is 0 Å². The van der Waals surface area contributed by atoms with Crippen LogP contribution in [0.1, 0.15) is 12.0 Å². The van der Waals surface area contributed by atoms with Crippen molar-refractivity contribution in [3.05, 3.63) is 29.8 Å². The topological polar surface area (TPSA) is 61.4 Å². The third kappa shape index (κ3) is 4.22. The number of nitrogens with one attached hydrogen (secondary N) is 2. The summed E-state index contributed by atoms with van der Waals surface area (Å²) in [6.45, 7) is 2.08. The lowest BCUT2D eigenvalue weighted by Crippen LogP contribution is -2.55. The van der Waals surface area contributed by atoms with Gasteiger partial charge in [0.25, 0.3) is 0 Å². The van der Waals surface area contributed by atoms with E-state index in [9.17, 15) is 9.59 Å². The molecule has 6 heteroatoms. The van der Waals surface area contributed by atoms with Gasteiger partial charge in [-0.3, -0.25) is 14.5 Å². The van der Waals surface area contributed by atoms with Gasteiger partial charge in [-0.15, -0.1) is 11.8 Å². The SMILES string of the molecule is CNC(=O)CC1C(=O)NCCN1Cc1ccc(SC)cc1. The van der Waals surface area contributed by atoms with Gasteiger partial charge in [0.2, 0.25) is 11.8 Å². The van der Waals surface area contributed by atoms with Crippen molar-refractivity contribution in [1.82, 2.24) is 15.5 Å². The van der Waals surface area contributed by atoms with Crippen molar-refractivity contribution in [2.75, 3.05) is 26.4 Å². The van der Waals surface area contributed by atoms with Gasteiger partial charge in [-0.1, -0.05) is 12.1 Å². The van der Waals surface area contributed by atoms with Gasteiger partial charge in [-0.05, 0) is 24.0 Å². The molecule has 0 aliphatic carbocycles. The zero-order chi connectivity index (χ0) is 15.2. The first-order chi connectivity index (χ1) is 10.1. The van der Waals surface area contributed by atoms with Crippen molar-refractivity contribution in [1.29, 1.82) is 0 Å². The Balaban J connectivity index is 2.06. The number of hydrogen-bond acceptors (Lipinski definition) is 4. The van der Waals surface area contributed by atoms with Crippen LogP contribution in [0.4, 0.5) is 0 Å². The molecule has 2 amide bonds. The van der Waals surface area contributed by atoms with Gasteiger partial charge in [0.05, 0.1) is 12.5 Å². The Morgan fingerprint density at radius 3 is 2.76 bits per heavy atom. The summed E-state index contributed by atoms with van der Waals surface area (Å²) in [5, 5.41) is 5.42. The molecule has 5 nitrogen and oxygen atoms in total. The fraction of sp³-hybridized carbons (Fsp3) is 0.467.